The largest absolute Gasteiger partial charge is 1.00 e. The number of allylic oxidation sites excluding steroid dienone is 1. The molecule has 0 saturated heterocycles. The van der Waals surface area contributed by atoms with Gasteiger partial charge in [-0.15, -0.1) is 0 Å². The van der Waals surface area contributed by atoms with Crippen LogP contribution in [0.3, 0.4) is 0 Å². The van der Waals surface area contributed by atoms with Gasteiger partial charge in [-0.25, -0.2) is 13.9 Å². The van der Waals surface area contributed by atoms with Crippen LogP contribution in [0.1, 0.15) is 49.2 Å². The van der Waals surface area contributed by atoms with Gasteiger partial charge in [0, 0.05) is 13.0 Å². The second-order valence-corrected chi connectivity index (χ2v) is 9.13. The molecule has 1 fully saturated rings. The zero-order valence-electron chi connectivity index (χ0n) is 20.8. The van der Waals surface area contributed by atoms with Crippen LogP contribution >= 0.6 is 0 Å². The van der Waals surface area contributed by atoms with Crippen LogP contribution in [0.15, 0.2) is 85.2 Å². The molecule has 0 radical (unpaired) electrons. The fourth-order valence-electron chi connectivity index (χ4n) is 5.68. The number of nitrogens with zero attached hydrogens (tertiary/aromatic N) is 2. The Labute approximate surface area is 223 Å². The topological polar surface area (TPSA) is 78.2 Å². The van der Waals surface area contributed by atoms with Crippen molar-refractivity contribution in [2.45, 2.75) is 51.1 Å². The fraction of sp³-hybridized carbons (Fsp3) is 0.345. The summed E-state index contributed by atoms with van der Waals surface area (Å²) in [7, 11) is 0. The smallest absolute Gasteiger partial charge is 0.330 e. The van der Waals surface area contributed by atoms with Crippen molar-refractivity contribution in [1.29, 1.82) is 0 Å². The monoisotopic (exact) mass is 551 g/mol. The van der Waals surface area contributed by atoms with Gasteiger partial charge in [-0.3, -0.25) is 4.79 Å². The average Bonchev–Trinajstić information content (AvgIpc) is 3.48. The number of esters is 1. The highest BCUT2D eigenvalue weighted by molar-refractivity contribution is 5.91. The summed E-state index contributed by atoms with van der Waals surface area (Å²) in [5.74, 6) is 0.555. The summed E-state index contributed by atoms with van der Waals surface area (Å²) < 4.78 is 9.36. The summed E-state index contributed by atoms with van der Waals surface area (Å²) in [5.41, 5.74) is 7.26. The van der Waals surface area contributed by atoms with E-state index in [0.717, 1.165) is 36.2 Å². The lowest BCUT2D eigenvalue weighted by molar-refractivity contribution is -0.692. The first kappa shape index (κ1) is 27.4. The first-order valence-electron chi connectivity index (χ1n) is 12.3. The molecular formula is C29H34BrN3O3. The van der Waals surface area contributed by atoms with E-state index >= 15 is 0 Å². The van der Waals surface area contributed by atoms with E-state index in [9.17, 15) is 9.59 Å². The minimum Gasteiger partial charge on any atom is -1.00 e. The van der Waals surface area contributed by atoms with Gasteiger partial charge in [0.1, 0.15) is 30.4 Å². The number of nitrogens with two attached hydrogens (primary N) is 1. The van der Waals surface area contributed by atoms with E-state index in [2.05, 4.69) is 22.3 Å². The number of rotatable bonds is 9. The first-order valence-corrected chi connectivity index (χ1v) is 12.3. The number of ether oxygens (including phenoxy) is 1. The third kappa shape index (κ3) is 5.31. The Bertz CT molecular complexity index is 1150. The van der Waals surface area contributed by atoms with Crippen molar-refractivity contribution >= 4 is 11.9 Å². The van der Waals surface area contributed by atoms with Crippen molar-refractivity contribution < 1.29 is 35.9 Å². The van der Waals surface area contributed by atoms with E-state index in [1.165, 1.54) is 6.08 Å². The molecule has 0 spiro atoms. The number of imidazole rings is 1. The number of carbonyl (C=O) groups excluding carboxylic acids is 2. The van der Waals surface area contributed by atoms with E-state index in [-0.39, 0.29) is 40.8 Å². The van der Waals surface area contributed by atoms with Crippen molar-refractivity contribution in [3.63, 3.8) is 0 Å². The molecule has 1 amide bonds. The molecule has 1 saturated carbocycles. The number of primary amides is 1. The zero-order valence-corrected chi connectivity index (χ0v) is 22.4. The Morgan fingerprint density at radius 2 is 1.69 bits per heavy atom. The highest BCUT2D eigenvalue weighted by atomic mass is 79.9. The molecule has 3 aromatic rings. The lowest BCUT2D eigenvalue weighted by Crippen LogP contribution is -3.00. The predicted molar refractivity (Wildman–Crippen MR) is 134 cm³/mol. The van der Waals surface area contributed by atoms with Crippen molar-refractivity contribution in [3.05, 3.63) is 102 Å². The lowest BCUT2D eigenvalue weighted by atomic mass is 9.64. The Kier molecular flexibility index (Phi) is 9.26. The number of aromatic nitrogens is 2. The van der Waals surface area contributed by atoms with E-state index in [1.807, 2.05) is 72.9 Å². The zero-order chi connectivity index (χ0) is 24.8. The highest BCUT2D eigenvalue weighted by Gasteiger charge is 2.51. The summed E-state index contributed by atoms with van der Waals surface area (Å²) in [6.45, 7) is 4.84. The summed E-state index contributed by atoms with van der Waals surface area (Å²) in [6.07, 6.45) is 10.1. The SMILES string of the molecule is CCOC(=O)C=CC[n+]1ccn([C@@H]2CC[C@H](C(C(N)=O)(c3ccccc3)c3ccccc3)C2)c1C.[Br-]. The van der Waals surface area contributed by atoms with E-state index in [4.69, 9.17) is 10.5 Å². The normalized spacial score (nSPS) is 17.6. The molecule has 6 nitrogen and oxygen atoms in total. The van der Waals surface area contributed by atoms with E-state index in [1.54, 1.807) is 6.92 Å². The second-order valence-electron chi connectivity index (χ2n) is 9.13. The quantitative estimate of drug-likeness (QED) is 0.245. The van der Waals surface area contributed by atoms with Gasteiger partial charge in [0.25, 0.3) is 5.82 Å². The van der Waals surface area contributed by atoms with Crippen molar-refractivity contribution in [2.24, 2.45) is 11.7 Å². The molecular weight excluding hydrogens is 518 g/mol. The van der Waals surface area contributed by atoms with Gasteiger partial charge in [-0.2, -0.15) is 0 Å². The molecule has 2 atom stereocenters. The van der Waals surface area contributed by atoms with Gasteiger partial charge in [0.05, 0.1) is 6.61 Å². The van der Waals surface area contributed by atoms with Gasteiger partial charge in [-0.1, -0.05) is 60.7 Å². The maximum Gasteiger partial charge on any atom is 0.330 e. The summed E-state index contributed by atoms with van der Waals surface area (Å²) in [5, 5.41) is 0. The van der Waals surface area contributed by atoms with Crippen LogP contribution in [0, 0.1) is 12.8 Å². The number of halogens is 1. The summed E-state index contributed by atoms with van der Waals surface area (Å²) in [4.78, 5) is 24.9. The molecule has 0 aliphatic heterocycles. The molecule has 1 aliphatic rings. The Balaban J connectivity index is 0.00000361. The van der Waals surface area contributed by atoms with Crippen molar-refractivity contribution in [3.8, 4) is 0 Å². The Hall–Kier alpha value is -3.19. The van der Waals surface area contributed by atoms with E-state index in [0.29, 0.717) is 13.2 Å². The maximum atomic E-state index is 13.3. The van der Waals surface area contributed by atoms with Crippen LogP contribution in [0.2, 0.25) is 0 Å². The standard InChI is InChI=1S/C29H33N3O3.BrH/c1-3-35-27(33)15-10-18-31-19-20-32(22(31)2)26-17-16-25(21-26)29(28(30)34,23-11-6-4-7-12-23)24-13-8-5-9-14-24;/h4-15,19-20,25-26H,3,16-18,21H2,1-2H3,(H-,30,34);1H/t25-,26+;/m0./s1. The molecule has 2 aromatic carbocycles. The molecule has 0 unspecified atom stereocenters. The third-order valence-corrected chi connectivity index (χ3v) is 7.30. The molecule has 1 aliphatic carbocycles. The molecule has 1 heterocycles. The maximum absolute atomic E-state index is 13.3. The van der Waals surface area contributed by atoms with Crippen LogP contribution in [0.5, 0.6) is 0 Å². The molecule has 0 bridgehead atoms. The molecule has 1 aromatic heterocycles. The summed E-state index contributed by atoms with van der Waals surface area (Å²) in [6, 6.07) is 20.2. The van der Waals surface area contributed by atoms with Crippen LogP contribution in [-0.4, -0.2) is 23.1 Å². The van der Waals surface area contributed by atoms with Crippen molar-refractivity contribution in [1.82, 2.24) is 4.57 Å². The number of carbonyl (C=O) groups is 2. The lowest BCUT2D eigenvalue weighted by Gasteiger charge is -2.37. The molecule has 36 heavy (non-hydrogen) atoms. The van der Waals surface area contributed by atoms with Gasteiger partial charge >= 0.3 is 5.97 Å². The second kappa shape index (κ2) is 12.2. The van der Waals surface area contributed by atoms with Crippen LogP contribution in [-0.2, 0) is 26.3 Å². The number of benzene rings is 2. The molecule has 190 valence electrons. The van der Waals surface area contributed by atoms with Crippen molar-refractivity contribution in [2.75, 3.05) is 6.61 Å². The van der Waals surface area contributed by atoms with Crippen LogP contribution < -0.4 is 27.3 Å². The number of hydrogen-bond acceptors (Lipinski definition) is 3. The average molecular weight is 553 g/mol. The number of hydrogen-bond donors (Lipinski definition) is 1. The van der Waals surface area contributed by atoms with Gasteiger partial charge < -0.3 is 27.5 Å². The fourth-order valence-corrected chi connectivity index (χ4v) is 5.68. The van der Waals surface area contributed by atoms with E-state index < -0.39 is 5.41 Å². The van der Waals surface area contributed by atoms with Gasteiger partial charge in [-0.05, 0) is 49.3 Å². The molecule has 4 rings (SSSR count). The third-order valence-electron chi connectivity index (χ3n) is 7.30. The Morgan fingerprint density at radius 1 is 1.08 bits per heavy atom. The first-order chi connectivity index (χ1) is 17.0. The predicted octanol–water partition coefficient (Wildman–Crippen LogP) is 1.02. The number of amides is 1. The van der Waals surface area contributed by atoms with Gasteiger partial charge in [0.2, 0.25) is 5.91 Å². The molecule has 2 N–H and O–H groups in total. The minimum absolute atomic E-state index is 0. The minimum atomic E-state index is -0.878. The summed E-state index contributed by atoms with van der Waals surface area (Å²) >= 11 is 0. The molecule has 7 heteroatoms. The highest BCUT2D eigenvalue weighted by Crippen LogP contribution is 2.49. The van der Waals surface area contributed by atoms with Crippen LogP contribution in [0.4, 0.5) is 0 Å². The van der Waals surface area contributed by atoms with Crippen LogP contribution in [0.25, 0.3) is 0 Å². The van der Waals surface area contributed by atoms with Gasteiger partial charge in [0.15, 0.2) is 0 Å². The Morgan fingerprint density at radius 3 is 2.25 bits per heavy atom.